The number of aromatic nitrogens is 2. The Hall–Kier alpha value is -2.14. The summed E-state index contributed by atoms with van der Waals surface area (Å²) in [4.78, 5) is 9.24. The standard InChI is InChI=1S/C17H24N4O/c1-17(2,3)15-14(19-10-9-18)11-20-16(21-15)12-5-7-13(22-4)8-6-12/h5-8,11,19H,9-10,18H2,1-4H3. The van der Waals surface area contributed by atoms with E-state index >= 15 is 0 Å². The number of benzene rings is 1. The molecule has 0 saturated carbocycles. The van der Waals surface area contributed by atoms with E-state index in [1.54, 1.807) is 7.11 Å². The molecule has 1 aromatic heterocycles. The minimum atomic E-state index is -0.0822. The van der Waals surface area contributed by atoms with E-state index in [1.807, 2.05) is 30.5 Å². The molecule has 0 aliphatic rings. The average Bonchev–Trinajstić information content (AvgIpc) is 2.52. The lowest BCUT2D eigenvalue weighted by Crippen LogP contribution is -2.21. The molecule has 0 spiro atoms. The fourth-order valence-corrected chi connectivity index (χ4v) is 2.17. The van der Waals surface area contributed by atoms with Gasteiger partial charge >= 0.3 is 0 Å². The summed E-state index contributed by atoms with van der Waals surface area (Å²) in [5.41, 5.74) is 8.38. The van der Waals surface area contributed by atoms with Crippen LogP contribution in [0.4, 0.5) is 5.69 Å². The van der Waals surface area contributed by atoms with E-state index in [4.69, 9.17) is 15.5 Å². The number of nitrogens with zero attached hydrogens (tertiary/aromatic N) is 2. The molecule has 2 aromatic rings. The van der Waals surface area contributed by atoms with Gasteiger partial charge in [-0.3, -0.25) is 0 Å². The molecule has 1 heterocycles. The van der Waals surface area contributed by atoms with E-state index in [1.165, 1.54) is 0 Å². The van der Waals surface area contributed by atoms with Gasteiger partial charge in [-0.2, -0.15) is 0 Å². The summed E-state index contributed by atoms with van der Waals surface area (Å²) in [5, 5.41) is 3.30. The molecule has 0 bridgehead atoms. The van der Waals surface area contributed by atoms with Crippen molar-refractivity contribution in [3.63, 3.8) is 0 Å². The minimum Gasteiger partial charge on any atom is -0.497 e. The first kappa shape index (κ1) is 16.2. The highest BCUT2D eigenvalue weighted by molar-refractivity contribution is 5.60. The zero-order chi connectivity index (χ0) is 16.2. The Morgan fingerprint density at radius 2 is 1.86 bits per heavy atom. The molecule has 1 aromatic carbocycles. The molecule has 0 amide bonds. The minimum absolute atomic E-state index is 0.0822. The van der Waals surface area contributed by atoms with Gasteiger partial charge < -0.3 is 15.8 Å². The maximum absolute atomic E-state index is 5.57. The Bertz CT molecular complexity index is 618. The maximum Gasteiger partial charge on any atom is 0.159 e. The van der Waals surface area contributed by atoms with Gasteiger partial charge in [0, 0.05) is 24.1 Å². The third-order valence-electron chi connectivity index (χ3n) is 3.31. The van der Waals surface area contributed by atoms with E-state index in [2.05, 4.69) is 31.1 Å². The average molecular weight is 300 g/mol. The molecule has 0 atom stereocenters. The smallest absolute Gasteiger partial charge is 0.159 e. The first-order valence-corrected chi connectivity index (χ1v) is 7.41. The van der Waals surface area contributed by atoms with Crippen LogP contribution in [0.15, 0.2) is 30.5 Å². The first-order valence-electron chi connectivity index (χ1n) is 7.41. The van der Waals surface area contributed by atoms with Crippen LogP contribution >= 0.6 is 0 Å². The quantitative estimate of drug-likeness (QED) is 0.888. The highest BCUT2D eigenvalue weighted by atomic mass is 16.5. The second-order valence-corrected chi connectivity index (χ2v) is 6.15. The van der Waals surface area contributed by atoms with Crippen molar-refractivity contribution >= 4 is 5.69 Å². The third-order valence-corrected chi connectivity index (χ3v) is 3.31. The lowest BCUT2D eigenvalue weighted by molar-refractivity contribution is 0.415. The lowest BCUT2D eigenvalue weighted by atomic mass is 9.90. The Kier molecular flexibility index (Phi) is 4.98. The number of nitrogens with two attached hydrogens (primary N) is 1. The van der Waals surface area contributed by atoms with Gasteiger partial charge in [0.2, 0.25) is 0 Å². The second-order valence-electron chi connectivity index (χ2n) is 6.15. The molecular weight excluding hydrogens is 276 g/mol. The molecule has 2 rings (SSSR count). The Labute approximate surface area is 131 Å². The van der Waals surface area contributed by atoms with Gasteiger partial charge in [0.05, 0.1) is 24.7 Å². The summed E-state index contributed by atoms with van der Waals surface area (Å²) in [6.45, 7) is 7.69. The molecule has 0 aliphatic carbocycles. The SMILES string of the molecule is COc1ccc(-c2ncc(NCCN)c(C(C)(C)C)n2)cc1. The molecule has 118 valence electrons. The van der Waals surface area contributed by atoms with Crippen LogP contribution in [0, 0.1) is 0 Å². The topological polar surface area (TPSA) is 73.1 Å². The van der Waals surface area contributed by atoms with Crippen LogP contribution in [0.1, 0.15) is 26.5 Å². The van der Waals surface area contributed by atoms with E-state index in [9.17, 15) is 0 Å². The van der Waals surface area contributed by atoms with Gasteiger partial charge in [-0.1, -0.05) is 20.8 Å². The number of hydrogen-bond donors (Lipinski definition) is 2. The number of methoxy groups -OCH3 is 1. The predicted molar refractivity (Wildman–Crippen MR) is 90.3 cm³/mol. The van der Waals surface area contributed by atoms with Crippen molar-refractivity contribution in [1.29, 1.82) is 0 Å². The summed E-state index contributed by atoms with van der Waals surface area (Å²) < 4.78 is 5.18. The molecule has 5 heteroatoms. The summed E-state index contributed by atoms with van der Waals surface area (Å²) in [6, 6.07) is 7.76. The summed E-state index contributed by atoms with van der Waals surface area (Å²) >= 11 is 0. The normalized spacial score (nSPS) is 11.3. The molecule has 0 fully saturated rings. The fourth-order valence-electron chi connectivity index (χ4n) is 2.17. The van der Waals surface area contributed by atoms with Crippen molar-refractivity contribution in [1.82, 2.24) is 9.97 Å². The van der Waals surface area contributed by atoms with Crippen molar-refractivity contribution in [2.75, 3.05) is 25.5 Å². The first-order chi connectivity index (χ1) is 10.5. The lowest BCUT2D eigenvalue weighted by Gasteiger charge is -2.22. The van der Waals surface area contributed by atoms with E-state index in [0.29, 0.717) is 18.9 Å². The molecule has 3 N–H and O–H groups in total. The molecule has 22 heavy (non-hydrogen) atoms. The maximum atomic E-state index is 5.57. The van der Waals surface area contributed by atoms with Crippen LogP contribution in [0.5, 0.6) is 5.75 Å². The van der Waals surface area contributed by atoms with Gasteiger partial charge in [0.1, 0.15) is 5.75 Å². The predicted octanol–water partition coefficient (Wildman–Crippen LogP) is 2.82. The highest BCUT2D eigenvalue weighted by Crippen LogP contribution is 2.29. The van der Waals surface area contributed by atoms with E-state index in [0.717, 1.165) is 22.7 Å². The van der Waals surface area contributed by atoms with Crippen LogP contribution in [0.3, 0.4) is 0 Å². The van der Waals surface area contributed by atoms with Crippen LogP contribution in [0.25, 0.3) is 11.4 Å². The third kappa shape index (κ3) is 3.74. The van der Waals surface area contributed by atoms with Gasteiger partial charge in [-0.15, -0.1) is 0 Å². The molecule has 0 unspecified atom stereocenters. The fraction of sp³-hybridized carbons (Fsp3) is 0.412. The van der Waals surface area contributed by atoms with Gasteiger partial charge in [-0.05, 0) is 24.3 Å². The zero-order valence-corrected chi connectivity index (χ0v) is 13.7. The number of anilines is 1. The zero-order valence-electron chi connectivity index (χ0n) is 13.7. The van der Waals surface area contributed by atoms with Gasteiger partial charge in [-0.25, -0.2) is 9.97 Å². The largest absolute Gasteiger partial charge is 0.497 e. The van der Waals surface area contributed by atoms with Crippen molar-refractivity contribution < 1.29 is 4.74 Å². The summed E-state index contributed by atoms with van der Waals surface area (Å²) in [7, 11) is 1.65. The molecule has 0 aliphatic heterocycles. The van der Waals surface area contributed by atoms with Crippen LogP contribution in [-0.2, 0) is 5.41 Å². The number of hydrogen-bond acceptors (Lipinski definition) is 5. The molecular formula is C17H24N4O. The van der Waals surface area contributed by atoms with Crippen molar-refractivity contribution in [2.24, 2.45) is 5.73 Å². The Morgan fingerprint density at radius 1 is 1.18 bits per heavy atom. The van der Waals surface area contributed by atoms with Crippen LogP contribution in [-0.4, -0.2) is 30.2 Å². The van der Waals surface area contributed by atoms with Gasteiger partial charge in [0.15, 0.2) is 5.82 Å². The van der Waals surface area contributed by atoms with E-state index < -0.39 is 0 Å². The van der Waals surface area contributed by atoms with Crippen LogP contribution < -0.4 is 15.8 Å². The monoisotopic (exact) mass is 300 g/mol. The highest BCUT2D eigenvalue weighted by Gasteiger charge is 2.21. The number of rotatable bonds is 5. The summed E-state index contributed by atoms with van der Waals surface area (Å²) in [6.07, 6.45) is 1.84. The number of ether oxygens (including phenoxy) is 1. The van der Waals surface area contributed by atoms with Gasteiger partial charge in [0.25, 0.3) is 0 Å². The van der Waals surface area contributed by atoms with Crippen molar-refractivity contribution in [2.45, 2.75) is 26.2 Å². The van der Waals surface area contributed by atoms with Crippen molar-refractivity contribution in [3.8, 4) is 17.1 Å². The van der Waals surface area contributed by atoms with Crippen LogP contribution in [0.2, 0.25) is 0 Å². The molecule has 0 saturated heterocycles. The number of nitrogens with one attached hydrogen (secondary N) is 1. The van der Waals surface area contributed by atoms with E-state index in [-0.39, 0.29) is 5.41 Å². The summed E-state index contributed by atoms with van der Waals surface area (Å²) in [5.74, 6) is 1.53. The second kappa shape index (κ2) is 6.75. The van der Waals surface area contributed by atoms with Crippen molar-refractivity contribution in [3.05, 3.63) is 36.2 Å². The Morgan fingerprint density at radius 3 is 2.41 bits per heavy atom. The molecule has 0 radical (unpaired) electrons. The molecule has 5 nitrogen and oxygen atoms in total. The Balaban J connectivity index is 2.40.